The quantitative estimate of drug-likeness (QED) is 0.870. The first-order valence-electron chi connectivity index (χ1n) is 7.20. The lowest BCUT2D eigenvalue weighted by Gasteiger charge is -2.27. The number of carbonyl (C=O) groups excluding carboxylic acids is 1. The number of rotatable bonds is 4. The van der Waals surface area contributed by atoms with Crippen molar-refractivity contribution < 1.29 is 4.79 Å². The summed E-state index contributed by atoms with van der Waals surface area (Å²) in [5, 5.41) is 0. The van der Waals surface area contributed by atoms with Crippen LogP contribution >= 0.6 is 0 Å². The monoisotopic (exact) mass is 282 g/mol. The highest BCUT2D eigenvalue weighted by atomic mass is 16.2. The summed E-state index contributed by atoms with van der Waals surface area (Å²) in [4.78, 5) is 14.6. The third-order valence-corrected chi connectivity index (χ3v) is 3.55. The van der Waals surface area contributed by atoms with Crippen LogP contribution in [0, 0.1) is 6.92 Å². The third-order valence-electron chi connectivity index (χ3n) is 3.55. The van der Waals surface area contributed by atoms with Gasteiger partial charge in [0.1, 0.15) is 0 Å². The van der Waals surface area contributed by atoms with Gasteiger partial charge in [-0.25, -0.2) is 0 Å². The maximum absolute atomic E-state index is 12.7. The van der Waals surface area contributed by atoms with Crippen molar-refractivity contribution in [3.05, 3.63) is 65.2 Å². The molecule has 0 aliphatic carbocycles. The van der Waals surface area contributed by atoms with Gasteiger partial charge in [0, 0.05) is 23.8 Å². The summed E-state index contributed by atoms with van der Waals surface area (Å²) in [6, 6.07) is 15.5. The van der Waals surface area contributed by atoms with E-state index < -0.39 is 0 Å². The van der Waals surface area contributed by atoms with Crippen LogP contribution < -0.4 is 5.73 Å². The number of nitrogen functional groups attached to an aromatic ring is 1. The average molecular weight is 282 g/mol. The maximum Gasteiger partial charge on any atom is 0.254 e. The van der Waals surface area contributed by atoms with E-state index in [1.54, 1.807) is 0 Å². The van der Waals surface area contributed by atoms with Gasteiger partial charge in [-0.2, -0.15) is 0 Å². The van der Waals surface area contributed by atoms with Crippen molar-refractivity contribution >= 4 is 11.6 Å². The largest absolute Gasteiger partial charge is 0.398 e. The highest BCUT2D eigenvalue weighted by Gasteiger charge is 2.19. The van der Waals surface area contributed by atoms with E-state index in [2.05, 4.69) is 0 Å². The standard InChI is InChI=1S/C18H22N2O/c1-13(2)20(12-16-8-4-5-10-17(16)19)18(21)15-9-6-7-14(3)11-15/h4-11,13H,12,19H2,1-3H3. The molecule has 0 aromatic heterocycles. The molecule has 0 saturated heterocycles. The molecule has 2 aromatic carbocycles. The van der Waals surface area contributed by atoms with Gasteiger partial charge in [-0.3, -0.25) is 4.79 Å². The van der Waals surface area contributed by atoms with Gasteiger partial charge in [-0.1, -0.05) is 35.9 Å². The molecular weight excluding hydrogens is 260 g/mol. The molecule has 0 saturated carbocycles. The fourth-order valence-corrected chi connectivity index (χ4v) is 2.29. The van der Waals surface area contributed by atoms with E-state index in [9.17, 15) is 4.79 Å². The zero-order valence-electron chi connectivity index (χ0n) is 12.8. The maximum atomic E-state index is 12.7. The van der Waals surface area contributed by atoms with Crippen LogP contribution in [0.1, 0.15) is 35.3 Å². The first-order chi connectivity index (χ1) is 9.99. The van der Waals surface area contributed by atoms with Crippen LogP contribution in [-0.4, -0.2) is 16.8 Å². The van der Waals surface area contributed by atoms with Crippen LogP contribution in [0.3, 0.4) is 0 Å². The summed E-state index contributed by atoms with van der Waals surface area (Å²) >= 11 is 0. The number of anilines is 1. The van der Waals surface area contributed by atoms with E-state index in [-0.39, 0.29) is 11.9 Å². The number of benzene rings is 2. The molecule has 2 rings (SSSR count). The summed E-state index contributed by atoms with van der Waals surface area (Å²) < 4.78 is 0. The van der Waals surface area contributed by atoms with Gasteiger partial charge in [0.05, 0.1) is 0 Å². The van der Waals surface area contributed by atoms with E-state index in [0.29, 0.717) is 6.54 Å². The molecule has 3 nitrogen and oxygen atoms in total. The Kier molecular flexibility index (Phi) is 4.63. The predicted octanol–water partition coefficient (Wildman–Crippen LogP) is 3.63. The van der Waals surface area contributed by atoms with Crippen molar-refractivity contribution in [2.24, 2.45) is 0 Å². The zero-order valence-corrected chi connectivity index (χ0v) is 12.8. The van der Waals surface area contributed by atoms with Crippen LogP contribution in [-0.2, 0) is 6.54 Å². The van der Waals surface area contributed by atoms with E-state index in [1.165, 1.54) is 0 Å². The minimum Gasteiger partial charge on any atom is -0.398 e. The molecule has 0 aliphatic rings. The molecule has 0 spiro atoms. The summed E-state index contributed by atoms with van der Waals surface area (Å²) in [7, 11) is 0. The molecule has 0 heterocycles. The Morgan fingerprint density at radius 1 is 1.14 bits per heavy atom. The topological polar surface area (TPSA) is 46.3 Å². The minimum absolute atomic E-state index is 0.0388. The number of nitrogens with zero attached hydrogens (tertiary/aromatic N) is 1. The Balaban J connectivity index is 2.27. The van der Waals surface area contributed by atoms with Gasteiger partial charge in [-0.15, -0.1) is 0 Å². The first-order valence-corrected chi connectivity index (χ1v) is 7.20. The summed E-state index contributed by atoms with van der Waals surface area (Å²) in [6.45, 7) is 6.56. The van der Waals surface area contributed by atoms with Crippen molar-refractivity contribution in [3.63, 3.8) is 0 Å². The molecule has 0 unspecified atom stereocenters. The van der Waals surface area contributed by atoms with Gasteiger partial charge in [0.25, 0.3) is 5.91 Å². The normalized spacial score (nSPS) is 10.7. The second-order valence-corrected chi connectivity index (χ2v) is 5.60. The molecule has 2 aromatic rings. The van der Waals surface area contributed by atoms with E-state index in [1.807, 2.05) is 74.2 Å². The molecule has 2 N–H and O–H groups in total. The number of amides is 1. The summed E-state index contributed by atoms with van der Waals surface area (Å²) in [5.74, 6) is 0.0388. The fraction of sp³-hybridized carbons (Fsp3) is 0.278. The molecule has 1 amide bonds. The zero-order chi connectivity index (χ0) is 15.4. The number of nitrogens with two attached hydrogens (primary N) is 1. The van der Waals surface area contributed by atoms with E-state index in [4.69, 9.17) is 5.73 Å². The van der Waals surface area contributed by atoms with E-state index >= 15 is 0 Å². The summed E-state index contributed by atoms with van der Waals surface area (Å²) in [5.41, 5.74) is 9.50. The molecule has 0 bridgehead atoms. The van der Waals surface area contributed by atoms with Crippen LogP contribution in [0.5, 0.6) is 0 Å². The smallest absolute Gasteiger partial charge is 0.254 e. The molecule has 0 fully saturated rings. The van der Waals surface area contributed by atoms with Crippen molar-refractivity contribution in [1.82, 2.24) is 4.90 Å². The van der Waals surface area contributed by atoms with Crippen LogP contribution in [0.4, 0.5) is 5.69 Å². The van der Waals surface area contributed by atoms with Gasteiger partial charge in [0.2, 0.25) is 0 Å². The lowest BCUT2D eigenvalue weighted by molar-refractivity contribution is 0.0690. The van der Waals surface area contributed by atoms with Gasteiger partial charge >= 0.3 is 0 Å². The van der Waals surface area contributed by atoms with Crippen molar-refractivity contribution in [2.45, 2.75) is 33.4 Å². The Labute approximate surface area is 126 Å². The molecular formula is C18H22N2O. The molecule has 0 aliphatic heterocycles. The highest BCUT2D eigenvalue weighted by molar-refractivity contribution is 5.94. The Bertz CT molecular complexity index is 635. The molecule has 3 heteroatoms. The third kappa shape index (κ3) is 3.63. The van der Waals surface area contributed by atoms with E-state index in [0.717, 1.165) is 22.4 Å². The predicted molar refractivity (Wildman–Crippen MR) is 87.0 cm³/mol. The van der Waals surface area contributed by atoms with Gasteiger partial charge in [-0.05, 0) is 44.5 Å². The van der Waals surface area contributed by atoms with Crippen molar-refractivity contribution in [3.8, 4) is 0 Å². The van der Waals surface area contributed by atoms with Crippen molar-refractivity contribution in [2.75, 3.05) is 5.73 Å². The minimum atomic E-state index is 0.0388. The van der Waals surface area contributed by atoms with Crippen LogP contribution in [0.25, 0.3) is 0 Å². The Morgan fingerprint density at radius 3 is 2.48 bits per heavy atom. The highest BCUT2D eigenvalue weighted by Crippen LogP contribution is 2.18. The lowest BCUT2D eigenvalue weighted by atomic mass is 10.1. The summed E-state index contributed by atoms with van der Waals surface area (Å²) in [6.07, 6.45) is 0. The van der Waals surface area contributed by atoms with Gasteiger partial charge < -0.3 is 10.6 Å². The number of carbonyl (C=O) groups is 1. The van der Waals surface area contributed by atoms with Gasteiger partial charge in [0.15, 0.2) is 0 Å². The fourth-order valence-electron chi connectivity index (χ4n) is 2.29. The molecule has 0 radical (unpaired) electrons. The number of aryl methyl sites for hydroxylation is 1. The average Bonchev–Trinajstić information content (AvgIpc) is 2.45. The Hall–Kier alpha value is -2.29. The first kappa shape index (κ1) is 15.1. The van der Waals surface area contributed by atoms with Crippen LogP contribution in [0.2, 0.25) is 0 Å². The molecule has 110 valence electrons. The number of para-hydroxylation sites is 1. The second-order valence-electron chi connectivity index (χ2n) is 5.60. The van der Waals surface area contributed by atoms with Crippen LogP contribution in [0.15, 0.2) is 48.5 Å². The molecule has 0 atom stereocenters. The molecule has 21 heavy (non-hydrogen) atoms. The number of hydrogen-bond acceptors (Lipinski definition) is 2. The number of hydrogen-bond donors (Lipinski definition) is 1. The Morgan fingerprint density at radius 2 is 1.86 bits per heavy atom. The second kappa shape index (κ2) is 6.44. The lowest BCUT2D eigenvalue weighted by Crippen LogP contribution is -2.36. The van der Waals surface area contributed by atoms with Crippen molar-refractivity contribution in [1.29, 1.82) is 0 Å². The SMILES string of the molecule is Cc1cccc(C(=O)N(Cc2ccccc2N)C(C)C)c1.